The van der Waals surface area contributed by atoms with Gasteiger partial charge in [0.25, 0.3) is 0 Å². The maximum atomic E-state index is 12.4. The third-order valence-electron chi connectivity index (χ3n) is 4.87. The van der Waals surface area contributed by atoms with E-state index in [0.717, 1.165) is 30.4 Å². The molecule has 1 amide bonds. The van der Waals surface area contributed by atoms with Crippen LogP contribution in [0.2, 0.25) is 0 Å². The van der Waals surface area contributed by atoms with Crippen LogP contribution in [0.5, 0.6) is 0 Å². The van der Waals surface area contributed by atoms with Crippen LogP contribution in [0.3, 0.4) is 0 Å². The lowest BCUT2D eigenvalue weighted by atomic mass is 10.2. The zero-order valence-electron chi connectivity index (χ0n) is 16.6. The molecule has 1 N–H and O–H groups in total. The third kappa shape index (κ3) is 4.68. The average molecular weight is 392 g/mol. The Labute approximate surface area is 169 Å². The van der Waals surface area contributed by atoms with Crippen molar-refractivity contribution >= 4 is 23.2 Å². The maximum absolute atomic E-state index is 12.4. The predicted octanol–water partition coefficient (Wildman–Crippen LogP) is 1.78. The van der Waals surface area contributed by atoms with Crippen molar-refractivity contribution in [3.05, 3.63) is 54.4 Å². The molecule has 0 spiro atoms. The minimum atomic E-state index is 0.0516. The zero-order chi connectivity index (χ0) is 20.2. The Kier molecular flexibility index (Phi) is 5.37. The summed E-state index contributed by atoms with van der Waals surface area (Å²) in [7, 11) is 0. The molecule has 1 aliphatic heterocycles. The Balaban J connectivity index is 1.39. The number of aryl methyl sites for hydroxylation is 2. The van der Waals surface area contributed by atoms with Crippen LogP contribution in [-0.4, -0.2) is 61.7 Å². The second-order valence-corrected chi connectivity index (χ2v) is 7.11. The molecule has 1 saturated heterocycles. The SMILES string of the molecule is Cc1ccc(Nc2cc(N3CCN(C(=O)Cn4cncn4)CC3)nc(C)n2)cc1. The highest BCUT2D eigenvalue weighted by Gasteiger charge is 2.22. The average Bonchev–Trinajstić information content (AvgIpc) is 3.22. The zero-order valence-corrected chi connectivity index (χ0v) is 16.6. The van der Waals surface area contributed by atoms with E-state index in [1.165, 1.54) is 11.9 Å². The van der Waals surface area contributed by atoms with Crippen molar-refractivity contribution in [2.45, 2.75) is 20.4 Å². The lowest BCUT2D eigenvalue weighted by Crippen LogP contribution is -2.50. The quantitative estimate of drug-likeness (QED) is 0.707. The number of hydrogen-bond acceptors (Lipinski definition) is 7. The fourth-order valence-corrected chi connectivity index (χ4v) is 3.30. The van der Waals surface area contributed by atoms with E-state index in [0.29, 0.717) is 18.9 Å². The molecule has 3 aromatic rings. The summed E-state index contributed by atoms with van der Waals surface area (Å²) < 4.78 is 1.55. The number of carbonyl (C=O) groups excluding carboxylic acids is 1. The van der Waals surface area contributed by atoms with E-state index in [4.69, 9.17) is 0 Å². The van der Waals surface area contributed by atoms with Gasteiger partial charge in [0.05, 0.1) is 0 Å². The molecule has 1 aliphatic rings. The number of benzene rings is 1. The Morgan fingerprint density at radius 3 is 2.52 bits per heavy atom. The Morgan fingerprint density at radius 2 is 1.83 bits per heavy atom. The number of aromatic nitrogens is 5. The topological polar surface area (TPSA) is 92.1 Å². The van der Waals surface area contributed by atoms with Crippen LogP contribution in [0.4, 0.5) is 17.3 Å². The van der Waals surface area contributed by atoms with Gasteiger partial charge in [0.15, 0.2) is 0 Å². The number of nitrogens with one attached hydrogen (secondary N) is 1. The predicted molar refractivity (Wildman–Crippen MR) is 110 cm³/mol. The molecule has 9 heteroatoms. The van der Waals surface area contributed by atoms with E-state index in [1.807, 2.05) is 30.0 Å². The van der Waals surface area contributed by atoms with Gasteiger partial charge < -0.3 is 15.1 Å². The summed E-state index contributed by atoms with van der Waals surface area (Å²) in [5.74, 6) is 2.40. The molecule has 0 unspecified atom stereocenters. The molecule has 0 atom stereocenters. The van der Waals surface area contributed by atoms with Crippen molar-refractivity contribution in [2.24, 2.45) is 0 Å². The number of anilines is 3. The van der Waals surface area contributed by atoms with E-state index in [1.54, 1.807) is 11.0 Å². The van der Waals surface area contributed by atoms with Gasteiger partial charge in [0.2, 0.25) is 5.91 Å². The van der Waals surface area contributed by atoms with Crippen LogP contribution in [0.15, 0.2) is 43.0 Å². The van der Waals surface area contributed by atoms with Crippen molar-refractivity contribution in [3.63, 3.8) is 0 Å². The summed E-state index contributed by atoms with van der Waals surface area (Å²) in [6, 6.07) is 10.2. The smallest absolute Gasteiger partial charge is 0.244 e. The summed E-state index contributed by atoms with van der Waals surface area (Å²) in [5.41, 5.74) is 2.20. The van der Waals surface area contributed by atoms with Gasteiger partial charge in [-0.05, 0) is 26.0 Å². The minimum absolute atomic E-state index is 0.0516. The van der Waals surface area contributed by atoms with Gasteiger partial charge in [-0.1, -0.05) is 17.7 Å². The lowest BCUT2D eigenvalue weighted by molar-refractivity contribution is -0.132. The van der Waals surface area contributed by atoms with Crippen molar-refractivity contribution in [1.29, 1.82) is 0 Å². The molecule has 150 valence electrons. The van der Waals surface area contributed by atoms with Crippen LogP contribution >= 0.6 is 0 Å². The highest BCUT2D eigenvalue weighted by molar-refractivity contribution is 5.76. The highest BCUT2D eigenvalue weighted by atomic mass is 16.2. The molecular formula is C20H24N8O. The molecule has 0 bridgehead atoms. The van der Waals surface area contributed by atoms with E-state index < -0.39 is 0 Å². The fourth-order valence-electron chi connectivity index (χ4n) is 3.30. The summed E-state index contributed by atoms with van der Waals surface area (Å²) in [6.45, 7) is 6.92. The van der Waals surface area contributed by atoms with Gasteiger partial charge in [-0.2, -0.15) is 5.10 Å². The van der Waals surface area contributed by atoms with Crippen LogP contribution in [0.25, 0.3) is 0 Å². The summed E-state index contributed by atoms with van der Waals surface area (Å²) in [4.78, 5) is 29.4. The van der Waals surface area contributed by atoms with Gasteiger partial charge in [-0.3, -0.25) is 4.79 Å². The number of carbonyl (C=O) groups is 1. The molecule has 0 saturated carbocycles. The Hall–Kier alpha value is -3.49. The van der Waals surface area contributed by atoms with E-state index in [-0.39, 0.29) is 12.5 Å². The molecule has 0 radical (unpaired) electrons. The number of nitrogens with zero attached hydrogens (tertiary/aromatic N) is 7. The number of amides is 1. The molecule has 29 heavy (non-hydrogen) atoms. The second-order valence-electron chi connectivity index (χ2n) is 7.11. The summed E-state index contributed by atoms with van der Waals surface area (Å²) >= 11 is 0. The second kappa shape index (κ2) is 8.26. The normalized spacial score (nSPS) is 14.1. The number of piperazine rings is 1. The van der Waals surface area contributed by atoms with Gasteiger partial charge in [-0.15, -0.1) is 0 Å². The van der Waals surface area contributed by atoms with E-state index >= 15 is 0 Å². The van der Waals surface area contributed by atoms with Crippen molar-refractivity contribution in [2.75, 3.05) is 36.4 Å². The Morgan fingerprint density at radius 1 is 1.07 bits per heavy atom. The summed E-state index contributed by atoms with van der Waals surface area (Å²) in [5, 5.41) is 7.34. The molecule has 0 aliphatic carbocycles. The fraction of sp³-hybridized carbons (Fsp3) is 0.350. The number of rotatable bonds is 5. The lowest BCUT2D eigenvalue weighted by Gasteiger charge is -2.35. The van der Waals surface area contributed by atoms with Crippen LogP contribution in [-0.2, 0) is 11.3 Å². The van der Waals surface area contributed by atoms with Crippen LogP contribution in [0, 0.1) is 13.8 Å². The standard InChI is InChI=1S/C20H24N8O/c1-15-3-5-17(6-4-15)25-18-11-19(24-16(2)23-18)26-7-9-27(10-8-26)20(29)12-28-14-21-13-22-28/h3-6,11,13-14H,7-10,12H2,1-2H3,(H,23,24,25). The van der Waals surface area contributed by atoms with E-state index in [9.17, 15) is 4.79 Å². The minimum Gasteiger partial charge on any atom is -0.353 e. The van der Waals surface area contributed by atoms with Crippen molar-refractivity contribution < 1.29 is 4.79 Å². The van der Waals surface area contributed by atoms with Gasteiger partial charge >= 0.3 is 0 Å². The number of hydrogen-bond donors (Lipinski definition) is 1. The first-order valence-corrected chi connectivity index (χ1v) is 9.61. The van der Waals surface area contributed by atoms with Crippen molar-refractivity contribution in [1.82, 2.24) is 29.6 Å². The molecule has 4 rings (SSSR count). The summed E-state index contributed by atoms with van der Waals surface area (Å²) in [6.07, 6.45) is 2.99. The van der Waals surface area contributed by atoms with E-state index in [2.05, 4.69) is 49.3 Å². The first-order valence-electron chi connectivity index (χ1n) is 9.61. The molecule has 3 heterocycles. The Bertz CT molecular complexity index is 963. The third-order valence-corrected chi connectivity index (χ3v) is 4.87. The maximum Gasteiger partial charge on any atom is 0.244 e. The van der Waals surface area contributed by atoms with Crippen LogP contribution in [0.1, 0.15) is 11.4 Å². The molecule has 9 nitrogen and oxygen atoms in total. The molecule has 1 aromatic carbocycles. The molecular weight excluding hydrogens is 368 g/mol. The molecule has 2 aromatic heterocycles. The van der Waals surface area contributed by atoms with Crippen LogP contribution < -0.4 is 10.2 Å². The van der Waals surface area contributed by atoms with Crippen molar-refractivity contribution in [3.8, 4) is 0 Å². The first kappa shape index (κ1) is 18.9. The van der Waals surface area contributed by atoms with Gasteiger partial charge in [-0.25, -0.2) is 19.6 Å². The molecule has 1 fully saturated rings. The largest absolute Gasteiger partial charge is 0.353 e. The highest BCUT2D eigenvalue weighted by Crippen LogP contribution is 2.21. The van der Waals surface area contributed by atoms with Gasteiger partial charge in [0.1, 0.15) is 36.7 Å². The van der Waals surface area contributed by atoms with Gasteiger partial charge in [0, 0.05) is 37.9 Å². The monoisotopic (exact) mass is 392 g/mol. The first-order chi connectivity index (χ1) is 14.1.